The Labute approximate surface area is 476 Å². The number of hydrogen-bond donors (Lipinski definition) is 0. The molecule has 0 aliphatic carbocycles. The minimum Gasteiger partial charge on any atom is -0.456 e. The first kappa shape index (κ1) is 47.0. The number of aryl methyl sites for hydroxylation is 3. The molecule has 0 unspecified atom stereocenters. The zero-order valence-corrected chi connectivity index (χ0v) is 45.7. The molecule has 4 aromatic heterocycles. The largest absolute Gasteiger partial charge is 0.456 e. The zero-order valence-electron chi connectivity index (χ0n) is 45.7. The average Bonchev–Trinajstić information content (AvgIpc) is 2.54. The number of benzene rings is 13. The van der Waals surface area contributed by atoms with Gasteiger partial charge in [0.2, 0.25) is 0 Å². The summed E-state index contributed by atoms with van der Waals surface area (Å²) in [4.78, 5) is 4.67. The normalized spacial score (nSPS) is 12.0. The number of para-hydroxylation sites is 6. The molecule has 6 nitrogen and oxygen atoms in total. The van der Waals surface area contributed by atoms with Gasteiger partial charge in [0.25, 0.3) is 0 Å². The van der Waals surface area contributed by atoms with Gasteiger partial charge in [-0.3, -0.25) is 0 Å². The SMILES string of the molecule is Cc1ccccc1N(c1ccc2cc3c(cc2c1)oc1c(C)c2c(cc13)oc1cc3cc(N(c4ccccc4C)c4cccc5c4oc4c(-c6ccccc6)cccc45)ccc3cc12)c1cccc2c1oc1c(-c3ccccc3)cccc12. The van der Waals surface area contributed by atoms with Crippen molar-refractivity contribution in [2.24, 2.45) is 0 Å². The van der Waals surface area contributed by atoms with Gasteiger partial charge in [0.1, 0.15) is 33.5 Å². The molecular formula is C77H50N2O4. The fraction of sp³-hybridized carbons (Fsp3) is 0.0390. The van der Waals surface area contributed by atoms with Gasteiger partial charge in [0, 0.05) is 82.5 Å². The summed E-state index contributed by atoms with van der Waals surface area (Å²) in [5, 5.41) is 12.9. The van der Waals surface area contributed by atoms with Crippen LogP contribution in [0.1, 0.15) is 16.7 Å². The van der Waals surface area contributed by atoms with Gasteiger partial charge in [-0.1, -0.05) is 170 Å². The Morgan fingerprint density at radius 3 is 1.23 bits per heavy atom. The molecule has 392 valence electrons. The molecular weight excluding hydrogens is 1020 g/mol. The fourth-order valence-corrected chi connectivity index (χ4v) is 13.2. The number of anilines is 6. The van der Waals surface area contributed by atoms with Crippen LogP contribution in [0.25, 0.3) is 132 Å². The fourth-order valence-electron chi connectivity index (χ4n) is 13.2. The Hall–Kier alpha value is -10.8. The second-order valence-corrected chi connectivity index (χ2v) is 22.1. The number of fused-ring (bicyclic) bond motifs is 14. The van der Waals surface area contributed by atoms with Crippen LogP contribution in [0, 0.1) is 20.8 Å². The van der Waals surface area contributed by atoms with Crippen LogP contribution in [0.4, 0.5) is 34.1 Å². The van der Waals surface area contributed by atoms with Gasteiger partial charge in [-0.15, -0.1) is 0 Å². The summed E-state index contributed by atoms with van der Waals surface area (Å²) in [6.07, 6.45) is 0. The first-order chi connectivity index (χ1) is 40.9. The Kier molecular flexibility index (Phi) is 10.3. The Bertz CT molecular complexity index is 5280. The average molecular weight is 1070 g/mol. The quantitative estimate of drug-likeness (QED) is 0.151. The van der Waals surface area contributed by atoms with E-state index in [0.717, 1.165) is 182 Å². The summed E-state index contributed by atoms with van der Waals surface area (Å²) in [6.45, 7) is 6.50. The van der Waals surface area contributed by atoms with Gasteiger partial charge in [0.05, 0.1) is 11.4 Å². The molecule has 0 radical (unpaired) electrons. The van der Waals surface area contributed by atoms with Crippen LogP contribution in [-0.2, 0) is 0 Å². The minimum atomic E-state index is 0.825. The maximum atomic E-state index is 7.01. The van der Waals surface area contributed by atoms with E-state index in [2.05, 4.69) is 267 Å². The molecule has 13 aromatic carbocycles. The van der Waals surface area contributed by atoms with E-state index < -0.39 is 0 Å². The second kappa shape index (κ2) is 18.1. The van der Waals surface area contributed by atoms with Crippen LogP contribution >= 0.6 is 0 Å². The summed E-state index contributed by atoms with van der Waals surface area (Å²) < 4.78 is 27.9. The molecule has 0 N–H and O–H groups in total. The van der Waals surface area contributed by atoms with Gasteiger partial charge in [-0.2, -0.15) is 0 Å². The van der Waals surface area contributed by atoms with Crippen molar-refractivity contribution in [1.82, 2.24) is 0 Å². The third-order valence-corrected chi connectivity index (χ3v) is 17.2. The maximum Gasteiger partial charge on any atom is 0.159 e. The lowest BCUT2D eigenvalue weighted by Gasteiger charge is -2.27. The van der Waals surface area contributed by atoms with Crippen LogP contribution in [0.3, 0.4) is 0 Å². The van der Waals surface area contributed by atoms with Crippen molar-refractivity contribution in [2.45, 2.75) is 20.8 Å². The topological polar surface area (TPSA) is 59.0 Å². The number of furan rings is 4. The van der Waals surface area contributed by atoms with Crippen molar-refractivity contribution in [3.8, 4) is 22.3 Å². The van der Waals surface area contributed by atoms with Crippen LogP contribution in [0.2, 0.25) is 0 Å². The highest BCUT2D eigenvalue weighted by Crippen LogP contribution is 2.49. The van der Waals surface area contributed by atoms with E-state index in [4.69, 9.17) is 17.7 Å². The van der Waals surface area contributed by atoms with E-state index >= 15 is 0 Å². The molecule has 0 fully saturated rings. The third kappa shape index (κ3) is 7.22. The van der Waals surface area contributed by atoms with E-state index in [9.17, 15) is 0 Å². The predicted molar refractivity (Wildman–Crippen MR) is 345 cm³/mol. The molecule has 0 bridgehead atoms. The monoisotopic (exact) mass is 1070 g/mol. The summed E-state index contributed by atoms with van der Waals surface area (Å²) in [7, 11) is 0. The summed E-state index contributed by atoms with van der Waals surface area (Å²) in [5.74, 6) is 0. The van der Waals surface area contributed by atoms with E-state index in [0.29, 0.717) is 0 Å². The molecule has 0 aliphatic heterocycles. The second-order valence-electron chi connectivity index (χ2n) is 22.1. The predicted octanol–water partition coefficient (Wildman–Crippen LogP) is 22.8. The third-order valence-electron chi connectivity index (χ3n) is 17.2. The highest BCUT2D eigenvalue weighted by atomic mass is 16.3. The van der Waals surface area contributed by atoms with Crippen LogP contribution in [-0.4, -0.2) is 0 Å². The molecule has 6 heteroatoms. The highest BCUT2D eigenvalue weighted by Gasteiger charge is 2.26. The van der Waals surface area contributed by atoms with Crippen molar-refractivity contribution in [2.75, 3.05) is 9.80 Å². The van der Waals surface area contributed by atoms with E-state index in [1.54, 1.807) is 0 Å². The first-order valence-electron chi connectivity index (χ1n) is 28.3. The number of hydrogen-bond acceptors (Lipinski definition) is 6. The van der Waals surface area contributed by atoms with Crippen molar-refractivity contribution in [3.05, 3.63) is 265 Å². The Morgan fingerprint density at radius 2 is 0.711 bits per heavy atom. The smallest absolute Gasteiger partial charge is 0.159 e. The summed E-state index contributed by atoms with van der Waals surface area (Å²) >= 11 is 0. The molecule has 17 aromatic rings. The lowest BCUT2D eigenvalue weighted by Crippen LogP contribution is -2.11. The molecule has 83 heavy (non-hydrogen) atoms. The molecule has 4 heterocycles. The molecule has 0 saturated heterocycles. The molecule has 17 rings (SSSR count). The first-order valence-corrected chi connectivity index (χ1v) is 28.3. The molecule has 0 amide bonds. The summed E-state index contributed by atoms with van der Waals surface area (Å²) in [5.41, 5.74) is 20.6. The zero-order chi connectivity index (χ0) is 55.0. The molecule has 0 saturated carbocycles. The molecule has 0 aliphatic rings. The van der Waals surface area contributed by atoms with E-state index in [-0.39, 0.29) is 0 Å². The van der Waals surface area contributed by atoms with Gasteiger partial charge in [-0.05, 0) is 143 Å². The minimum absolute atomic E-state index is 0.825. The van der Waals surface area contributed by atoms with Gasteiger partial charge < -0.3 is 27.5 Å². The van der Waals surface area contributed by atoms with E-state index in [1.807, 2.05) is 12.1 Å². The maximum absolute atomic E-state index is 7.01. The summed E-state index contributed by atoms with van der Waals surface area (Å²) in [6, 6.07) is 88.4. The lowest BCUT2D eigenvalue weighted by atomic mass is 10.00. The van der Waals surface area contributed by atoms with Crippen molar-refractivity contribution >= 4 is 143 Å². The van der Waals surface area contributed by atoms with Crippen molar-refractivity contribution in [3.63, 3.8) is 0 Å². The number of nitrogens with zero attached hydrogens (tertiary/aromatic N) is 2. The Morgan fingerprint density at radius 1 is 0.265 bits per heavy atom. The van der Waals surface area contributed by atoms with Gasteiger partial charge in [-0.25, -0.2) is 0 Å². The van der Waals surface area contributed by atoms with Crippen LogP contribution in [0.5, 0.6) is 0 Å². The van der Waals surface area contributed by atoms with Crippen molar-refractivity contribution in [1.29, 1.82) is 0 Å². The lowest BCUT2D eigenvalue weighted by molar-refractivity contribution is 0.662. The van der Waals surface area contributed by atoms with Crippen LogP contribution in [0.15, 0.2) is 266 Å². The molecule has 0 spiro atoms. The van der Waals surface area contributed by atoms with Crippen molar-refractivity contribution < 1.29 is 17.7 Å². The molecule has 0 atom stereocenters. The highest BCUT2D eigenvalue weighted by molar-refractivity contribution is 6.21. The van der Waals surface area contributed by atoms with Gasteiger partial charge in [0.15, 0.2) is 11.2 Å². The van der Waals surface area contributed by atoms with Crippen LogP contribution < -0.4 is 9.80 Å². The Balaban J connectivity index is 0.774. The van der Waals surface area contributed by atoms with Gasteiger partial charge >= 0.3 is 0 Å². The standard InChI is InChI=1S/C77H50N2O4/c1-45-18-10-12-30-65(45)78(67-32-16-28-60-58-26-14-24-56(74(58)82-76(60)67)48-20-6-4-7-21-48)54-36-34-50-40-62-63-44-71-72(47(3)73(63)81-69(62)42-52(50)38-54)64-41-51-35-37-55(39-53(51)43-70(64)80-71)79(66-31-13-11-19-46(66)2)68-33-17-29-61-59-27-15-25-57(75(59)83-77(61)68)49-22-8-5-9-23-49/h4-44H,1-3H3. The van der Waals surface area contributed by atoms with E-state index in [1.165, 1.54) is 0 Å². The number of rotatable bonds is 8.